The van der Waals surface area contributed by atoms with Gasteiger partial charge in [-0.25, -0.2) is 14.2 Å². The van der Waals surface area contributed by atoms with Crippen LogP contribution < -0.4 is 9.47 Å². The molecule has 0 N–H and O–H groups in total. The van der Waals surface area contributed by atoms with Crippen molar-refractivity contribution in [1.29, 1.82) is 0 Å². The molecule has 126 valence electrons. The molecule has 2 aromatic rings. The smallest absolute Gasteiger partial charge is 0.464 e. The van der Waals surface area contributed by atoms with E-state index in [9.17, 15) is 18.0 Å². The molecule has 2 heterocycles. The number of pyridine rings is 1. The number of benzene rings is 1. The number of hydrogen-bond donors (Lipinski definition) is 0. The molecule has 0 spiro atoms. The van der Waals surface area contributed by atoms with Crippen molar-refractivity contribution in [2.75, 3.05) is 7.11 Å². The molecule has 1 aromatic carbocycles. The minimum atomic E-state index is -3.80. The van der Waals surface area contributed by atoms with Crippen LogP contribution in [0.5, 0.6) is 11.5 Å². The van der Waals surface area contributed by atoms with Crippen molar-refractivity contribution in [2.24, 2.45) is 0 Å². The molecule has 24 heavy (non-hydrogen) atoms. The van der Waals surface area contributed by atoms with Gasteiger partial charge in [0.15, 0.2) is 23.0 Å². The van der Waals surface area contributed by atoms with Crippen LogP contribution in [-0.4, -0.2) is 24.4 Å². The molecule has 0 fully saturated rings. The second kappa shape index (κ2) is 5.55. The van der Waals surface area contributed by atoms with Crippen molar-refractivity contribution in [3.8, 4) is 22.8 Å². The van der Waals surface area contributed by atoms with Crippen LogP contribution >= 0.6 is 11.6 Å². The number of methoxy groups -OCH3 is 1. The lowest BCUT2D eigenvalue weighted by atomic mass is 10.0. The van der Waals surface area contributed by atoms with Crippen LogP contribution in [0.1, 0.15) is 16.1 Å². The molecular formula is C15H9ClF3NO4. The van der Waals surface area contributed by atoms with Gasteiger partial charge in [0.1, 0.15) is 5.69 Å². The van der Waals surface area contributed by atoms with Crippen molar-refractivity contribution in [3.05, 3.63) is 40.3 Å². The van der Waals surface area contributed by atoms with Crippen LogP contribution in [0.25, 0.3) is 11.3 Å². The van der Waals surface area contributed by atoms with E-state index in [1.807, 2.05) is 0 Å². The van der Waals surface area contributed by atoms with Crippen molar-refractivity contribution < 1.29 is 32.2 Å². The highest BCUT2D eigenvalue weighted by Gasteiger charge is 2.44. The predicted octanol–water partition coefficient (Wildman–Crippen LogP) is 3.96. The molecule has 0 radical (unpaired) electrons. The number of carbonyl (C=O) groups excluding carboxylic acids is 1. The van der Waals surface area contributed by atoms with E-state index in [1.54, 1.807) is 0 Å². The van der Waals surface area contributed by atoms with E-state index in [0.717, 1.165) is 13.2 Å². The average Bonchev–Trinajstić information content (AvgIpc) is 2.83. The first kappa shape index (κ1) is 16.4. The fourth-order valence-corrected chi connectivity index (χ4v) is 2.51. The lowest BCUT2D eigenvalue weighted by Gasteiger charge is -2.11. The quantitative estimate of drug-likeness (QED) is 0.760. The minimum Gasteiger partial charge on any atom is -0.464 e. The Kier molecular flexibility index (Phi) is 3.79. The zero-order chi connectivity index (χ0) is 17.6. The highest BCUT2D eigenvalue weighted by atomic mass is 35.5. The number of alkyl halides is 2. The average molecular weight is 360 g/mol. The normalized spacial score (nSPS) is 14.6. The van der Waals surface area contributed by atoms with E-state index < -0.39 is 18.1 Å². The number of halogens is 4. The highest BCUT2D eigenvalue weighted by Crippen LogP contribution is 2.46. The second-order valence-electron chi connectivity index (χ2n) is 4.87. The van der Waals surface area contributed by atoms with Gasteiger partial charge in [-0.1, -0.05) is 11.6 Å². The largest absolute Gasteiger partial charge is 0.586 e. The molecule has 0 saturated carbocycles. The number of rotatable bonds is 2. The molecule has 0 atom stereocenters. The summed E-state index contributed by atoms with van der Waals surface area (Å²) in [4.78, 5) is 15.5. The Bertz CT molecular complexity index is 857. The molecule has 0 amide bonds. The third kappa shape index (κ3) is 2.62. The molecule has 0 unspecified atom stereocenters. The lowest BCUT2D eigenvalue weighted by Crippen LogP contribution is -2.26. The topological polar surface area (TPSA) is 57.7 Å². The Morgan fingerprint density at radius 1 is 1.33 bits per heavy atom. The third-order valence-corrected chi connectivity index (χ3v) is 3.67. The molecule has 5 nitrogen and oxygen atoms in total. The predicted molar refractivity (Wildman–Crippen MR) is 76.9 cm³/mol. The SMILES string of the molecule is COC(=O)c1nc(-c2ccc3c(c2C)OC(F)(F)O3)c(F)cc1Cl. The number of esters is 1. The van der Waals surface area contributed by atoms with Crippen LogP contribution in [0.4, 0.5) is 13.2 Å². The minimum absolute atomic E-state index is 0.148. The fourth-order valence-electron chi connectivity index (χ4n) is 2.29. The van der Waals surface area contributed by atoms with E-state index in [4.69, 9.17) is 11.6 Å². The Balaban J connectivity index is 2.16. The Morgan fingerprint density at radius 2 is 2.04 bits per heavy atom. The number of nitrogens with zero attached hydrogens (tertiary/aromatic N) is 1. The van der Waals surface area contributed by atoms with Gasteiger partial charge in [-0.3, -0.25) is 0 Å². The summed E-state index contributed by atoms with van der Waals surface area (Å²) < 4.78 is 53.9. The maximum Gasteiger partial charge on any atom is 0.586 e. The van der Waals surface area contributed by atoms with E-state index >= 15 is 0 Å². The number of fused-ring (bicyclic) bond motifs is 1. The van der Waals surface area contributed by atoms with Crippen molar-refractivity contribution in [3.63, 3.8) is 0 Å². The first-order valence-corrected chi connectivity index (χ1v) is 6.95. The molecule has 1 aliphatic rings. The van der Waals surface area contributed by atoms with Gasteiger partial charge >= 0.3 is 12.3 Å². The van der Waals surface area contributed by atoms with Gasteiger partial charge in [0.05, 0.1) is 12.1 Å². The van der Waals surface area contributed by atoms with Gasteiger partial charge in [0.25, 0.3) is 0 Å². The van der Waals surface area contributed by atoms with E-state index in [1.165, 1.54) is 19.1 Å². The molecule has 1 aliphatic heterocycles. The summed E-state index contributed by atoms with van der Waals surface area (Å²) in [5.74, 6) is -2.09. The second-order valence-corrected chi connectivity index (χ2v) is 5.28. The van der Waals surface area contributed by atoms with Gasteiger partial charge in [-0.15, -0.1) is 8.78 Å². The van der Waals surface area contributed by atoms with E-state index in [0.29, 0.717) is 0 Å². The van der Waals surface area contributed by atoms with Crippen LogP contribution in [0.2, 0.25) is 5.02 Å². The number of aromatic nitrogens is 1. The zero-order valence-corrected chi connectivity index (χ0v) is 13.1. The fraction of sp³-hybridized carbons (Fsp3) is 0.200. The van der Waals surface area contributed by atoms with Gasteiger partial charge < -0.3 is 14.2 Å². The summed E-state index contributed by atoms with van der Waals surface area (Å²) >= 11 is 5.79. The monoisotopic (exact) mass is 359 g/mol. The Hall–Kier alpha value is -2.48. The summed E-state index contributed by atoms with van der Waals surface area (Å²) in [7, 11) is 1.12. The maximum absolute atomic E-state index is 14.2. The van der Waals surface area contributed by atoms with Gasteiger partial charge in [0, 0.05) is 11.1 Å². The molecule has 0 bridgehead atoms. The molecule has 1 aromatic heterocycles. The number of carbonyl (C=O) groups is 1. The first-order chi connectivity index (χ1) is 11.2. The maximum atomic E-state index is 14.2. The van der Waals surface area contributed by atoms with E-state index in [2.05, 4.69) is 19.2 Å². The summed E-state index contributed by atoms with van der Waals surface area (Å²) in [6.07, 6.45) is -3.80. The lowest BCUT2D eigenvalue weighted by molar-refractivity contribution is -0.286. The van der Waals surface area contributed by atoms with Crippen LogP contribution in [0.15, 0.2) is 18.2 Å². The van der Waals surface area contributed by atoms with Crippen molar-refractivity contribution in [1.82, 2.24) is 4.98 Å². The molecule has 0 aliphatic carbocycles. The summed E-state index contributed by atoms with van der Waals surface area (Å²) in [5.41, 5.74) is -0.222. The standard InChI is InChI=1S/C15H9ClF3NO4/c1-6-7(3-4-10-13(6)24-15(18,19)23-10)11-9(17)5-8(16)12(20-11)14(21)22-2/h3-5H,1-2H3. The van der Waals surface area contributed by atoms with Crippen LogP contribution in [0.3, 0.4) is 0 Å². The number of ether oxygens (including phenoxy) is 3. The summed E-state index contributed by atoms with van der Waals surface area (Å²) in [5, 5.41) is -0.229. The Labute approximate surface area is 138 Å². The van der Waals surface area contributed by atoms with Gasteiger partial charge in [0.2, 0.25) is 0 Å². The number of hydrogen-bond acceptors (Lipinski definition) is 5. The third-order valence-electron chi connectivity index (χ3n) is 3.38. The summed E-state index contributed by atoms with van der Waals surface area (Å²) in [6.45, 7) is 1.44. The van der Waals surface area contributed by atoms with Crippen LogP contribution in [-0.2, 0) is 4.74 Å². The highest BCUT2D eigenvalue weighted by molar-refractivity contribution is 6.33. The molecule has 3 rings (SSSR count). The van der Waals surface area contributed by atoms with Crippen molar-refractivity contribution >= 4 is 17.6 Å². The summed E-state index contributed by atoms with van der Waals surface area (Å²) in [6, 6.07) is 3.43. The van der Waals surface area contributed by atoms with Gasteiger partial charge in [-0.05, 0) is 25.1 Å². The van der Waals surface area contributed by atoms with E-state index in [-0.39, 0.29) is 39.0 Å². The Morgan fingerprint density at radius 3 is 2.71 bits per heavy atom. The zero-order valence-electron chi connectivity index (χ0n) is 12.3. The van der Waals surface area contributed by atoms with Crippen LogP contribution in [0, 0.1) is 12.7 Å². The molecular weight excluding hydrogens is 351 g/mol. The first-order valence-electron chi connectivity index (χ1n) is 6.57. The van der Waals surface area contributed by atoms with Gasteiger partial charge in [-0.2, -0.15) is 0 Å². The van der Waals surface area contributed by atoms with Crippen molar-refractivity contribution in [2.45, 2.75) is 13.2 Å². The molecule has 0 saturated heterocycles. The molecule has 9 heteroatoms.